The van der Waals surface area contributed by atoms with Crippen molar-refractivity contribution in [2.24, 2.45) is 34.0 Å². The number of hydrogen-bond acceptors (Lipinski definition) is 3. The van der Waals surface area contributed by atoms with Gasteiger partial charge in [0.25, 0.3) is 0 Å². The van der Waals surface area contributed by atoms with Crippen LogP contribution in [0.4, 0.5) is 0 Å². The molecule has 0 amide bonds. The normalized spacial score (nSPS) is 60.1. The highest BCUT2D eigenvalue weighted by Crippen LogP contribution is 2.74. The van der Waals surface area contributed by atoms with E-state index in [1.54, 1.807) is 0 Å². The number of hydrogen-bond donors (Lipinski definition) is 1. The number of fused-ring (bicyclic) bond motifs is 3. The number of nitrogens with zero attached hydrogens (tertiary/aromatic N) is 1. The molecule has 0 aromatic rings. The van der Waals surface area contributed by atoms with Crippen LogP contribution in [-0.2, 0) is 4.74 Å². The van der Waals surface area contributed by atoms with Crippen LogP contribution in [0.25, 0.3) is 0 Å². The first-order valence-electron chi connectivity index (χ1n) is 10.7. The summed E-state index contributed by atoms with van der Waals surface area (Å²) in [4.78, 5) is 2.69. The maximum atomic E-state index is 11.3. The largest absolute Gasteiger partial charge is 0.388 e. The van der Waals surface area contributed by atoms with Crippen molar-refractivity contribution < 1.29 is 9.84 Å². The fourth-order valence-corrected chi connectivity index (χ4v) is 9.34. The average molecular weight is 344 g/mol. The van der Waals surface area contributed by atoms with E-state index in [-0.39, 0.29) is 11.5 Å². The lowest BCUT2D eigenvalue weighted by atomic mass is 9.38. The fourth-order valence-electron chi connectivity index (χ4n) is 9.34. The van der Waals surface area contributed by atoms with E-state index in [1.165, 1.54) is 63.5 Å². The van der Waals surface area contributed by atoms with Gasteiger partial charge in [-0.2, -0.15) is 0 Å². The number of piperidine rings is 1. The van der Waals surface area contributed by atoms with Crippen LogP contribution < -0.4 is 0 Å². The molecule has 4 saturated carbocycles. The molecule has 2 heterocycles. The van der Waals surface area contributed by atoms with E-state index in [1.807, 2.05) is 0 Å². The smallest absolute Gasteiger partial charge is 0.116 e. The maximum absolute atomic E-state index is 11.3. The first-order chi connectivity index (χ1) is 12.0. The second-order valence-corrected chi connectivity index (χ2v) is 10.6. The summed E-state index contributed by atoms with van der Waals surface area (Å²) in [6.45, 7) is 10.1. The summed E-state index contributed by atoms with van der Waals surface area (Å²) in [5.74, 6) is 2.09. The lowest BCUT2D eigenvalue weighted by Crippen LogP contribution is -2.70. The summed E-state index contributed by atoms with van der Waals surface area (Å²) in [6.07, 6.45) is 10.5. The molecular weight excluding hydrogens is 310 g/mol. The molecule has 4 bridgehead atoms. The summed E-state index contributed by atoms with van der Waals surface area (Å²) < 4.78 is 6.29. The minimum absolute atomic E-state index is 0.155. The van der Waals surface area contributed by atoms with Gasteiger partial charge in [0.1, 0.15) is 6.23 Å². The third kappa shape index (κ3) is 1.62. The minimum Gasteiger partial charge on any atom is -0.388 e. The van der Waals surface area contributed by atoms with Crippen molar-refractivity contribution in [3.63, 3.8) is 0 Å². The maximum Gasteiger partial charge on any atom is 0.116 e. The van der Waals surface area contributed by atoms with Crippen LogP contribution in [0.15, 0.2) is 12.2 Å². The first-order valence-corrected chi connectivity index (χ1v) is 10.7. The number of ether oxygens (including phenoxy) is 1. The van der Waals surface area contributed by atoms with Gasteiger partial charge in [-0.1, -0.05) is 19.9 Å². The van der Waals surface area contributed by atoms with Crippen molar-refractivity contribution in [1.29, 1.82) is 0 Å². The average Bonchev–Trinajstić information content (AvgIpc) is 3.13. The molecule has 6 aliphatic rings. The SMILES string of the molecule is C=C1[C@@H]2CC[C@@H]3[C@@](CC[C@H]4[C@@]35CCC[C@@]4(C)C3OCCN3C5)(C2)[C@@H]1O. The zero-order valence-electron chi connectivity index (χ0n) is 15.7. The summed E-state index contributed by atoms with van der Waals surface area (Å²) in [5, 5.41) is 11.3. The minimum atomic E-state index is -0.235. The van der Waals surface area contributed by atoms with Crippen LogP contribution in [0.3, 0.4) is 0 Å². The van der Waals surface area contributed by atoms with Crippen molar-refractivity contribution in [2.75, 3.05) is 19.7 Å². The Bertz CT molecular complexity index is 634. The molecule has 6 rings (SSSR count). The van der Waals surface area contributed by atoms with E-state index in [0.29, 0.717) is 28.9 Å². The molecule has 2 saturated heterocycles. The van der Waals surface area contributed by atoms with Gasteiger partial charge >= 0.3 is 0 Å². The van der Waals surface area contributed by atoms with Gasteiger partial charge in [-0.3, -0.25) is 4.90 Å². The van der Waals surface area contributed by atoms with E-state index in [4.69, 9.17) is 4.74 Å². The van der Waals surface area contributed by atoms with Gasteiger partial charge in [-0.15, -0.1) is 0 Å². The van der Waals surface area contributed by atoms with Crippen LogP contribution in [0.1, 0.15) is 58.3 Å². The predicted octanol–water partition coefficient (Wildman–Crippen LogP) is 3.58. The molecule has 3 heteroatoms. The Morgan fingerprint density at radius 2 is 2.00 bits per heavy atom. The highest BCUT2D eigenvalue weighted by Gasteiger charge is 2.71. The van der Waals surface area contributed by atoms with Gasteiger partial charge in [0.2, 0.25) is 0 Å². The van der Waals surface area contributed by atoms with Crippen molar-refractivity contribution in [1.82, 2.24) is 4.90 Å². The predicted molar refractivity (Wildman–Crippen MR) is 96.8 cm³/mol. The third-order valence-electron chi connectivity index (χ3n) is 10.0. The molecule has 0 aromatic carbocycles. The Labute approximate surface area is 151 Å². The van der Waals surface area contributed by atoms with E-state index in [9.17, 15) is 5.11 Å². The van der Waals surface area contributed by atoms with Crippen molar-refractivity contribution in [3.05, 3.63) is 12.2 Å². The molecule has 8 atom stereocenters. The topological polar surface area (TPSA) is 32.7 Å². The van der Waals surface area contributed by atoms with Crippen molar-refractivity contribution >= 4 is 0 Å². The van der Waals surface area contributed by atoms with Gasteiger partial charge in [0.15, 0.2) is 0 Å². The molecule has 25 heavy (non-hydrogen) atoms. The number of aliphatic hydroxyl groups excluding tert-OH is 1. The molecular formula is C22H33NO2. The summed E-state index contributed by atoms with van der Waals surface area (Å²) in [7, 11) is 0. The van der Waals surface area contributed by atoms with Crippen LogP contribution >= 0.6 is 0 Å². The Kier molecular flexibility index (Phi) is 2.95. The second-order valence-electron chi connectivity index (χ2n) is 10.6. The molecule has 0 radical (unpaired) electrons. The molecule has 138 valence electrons. The van der Waals surface area contributed by atoms with Gasteiger partial charge in [0, 0.05) is 23.9 Å². The van der Waals surface area contributed by atoms with Gasteiger partial charge in [0.05, 0.1) is 12.7 Å². The number of aliphatic hydroxyl groups is 1. The van der Waals surface area contributed by atoms with Crippen LogP contribution in [0.5, 0.6) is 0 Å². The Morgan fingerprint density at radius 1 is 1.12 bits per heavy atom. The highest BCUT2D eigenvalue weighted by atomic mass is 16.5. The fraction of sp³-hybridized carbons (Fsp3) is 0.909. The summed E-state index contributed by atoms with van der Waals surface area (Å²) >= 11 is 0. The van der Waals surface area contributed by atoms with E-state index >= 15 is 0 Å². The van der Waals surface area contributed by atoms with Crippen LogP contribution in [0, 0.1) is 34.0 Å². The molecule has 6 fully saturated rings. The van der Waals surface area contributed by atoms with Gasteiger partial charge in [-0.05, 0) is 73.7 Å². The monoisotopic (exact) mass is 343 g/mol. The third-order valence-corrected chi connectivity index (χ3v) is 10.0. The van der Waals surface area contributed by atoms with Crippen molar-refractivity contribution in [3.8, 4) is 0 Å². The molecule has 0 aromatic heterocycles. The molecule has 3 nitrogen and oxygen atoms in total. The van der Waals surface area contributed by atoms with E-state index < -0.39 is 0 Å². The Hall–Kier alpha value is -0.380. The summed E-state index contributed by atoms with van der Waals surface area (Å²) in [6, 6.07) is 0. The van der Waals surface area contributed by atoms with Crippen molar-refractivity contribution in [2.45, 2.75) is 70.6 Å². The zero-order chi connectivity index (χ0) is 17.0. The van der Waals surface area contributed by atoms with Gasteiger partial charge < -0.3 is 9.84 Å². The standard InChI is InChI=1S/C22H33NO2/c1-14-15-4-5-17-21(12-15,18(14)24)9-6-16-20(2)7-3-8-22(16,17)13-23-10-11-25-19(20)23/h15-19,24H,1,3-13H2,2H3/t15-,16-,17-,18-,19?,20-,21-,22+/m1/s1. The first kappa shape index (κ1) is 15.7. The Balaban J connectivity index is 1.49. The Morgan fingerprint density at radius 3 is 2.88 bits per heavy atom. The van der Waals surface area contributed by atoms with E-state index in [2.05, 4.69) is 18.4 Å². The molecule has 1 N–H and O–H groups in total. The van der Waals surface area contributed by atoms with E-state index in [0.717, 1.165) is 19.1 Å². The quantitative estimate of drug-likeness (QED) is 0.683. The highest BCUT2D eigenvalue weighted by molar-refractivity contribution is 5.28. The van der Waals surface area contributed by atoms with Crippen LogP contribution in [-0.4, -0.2) is 42.0 Å². The molecule has 4 aliphatic carbocycles. The lowest BCUT2D eigenvalue weighted by Gasteiger charge is -2.70. The lowest BCUT2D eigenvalue weighted by molar-refractivity contribution is -0.259. The second kappa shape index (κ2) is 4.72. The van der Waals surface area contributed by atoms with Gasteiger partial charge in [-0.25, -0.2) is 0 Å². The molecule has 1 spiro atoms. The molecule has 1 unspecified atom stereocenters. The van der Waals surface area contributed by atoms with Crippen LogP contribution in [0.2, 0.25) is 0 Å². The number of rotatable bonds is 0. The zero-order valence-corrected chi connectivity index (χ0v) is 15.7. The summed E-state index contributed by atoms with van der Waals surface area (Å²) in [5.41, 5.74) is 2.08. The molecule has 2 aliphatic heterocycles.